The molecule has 0 saturated carbocycles. The van der Waals surface area contributed by atoms with Crippen LogP contribution in [0.3, 0.4) is 0 Å². The number of methoxy groups -OCH3 is 2. The number of nitrogens with one attached hydrogen (secondary N) is 3. The Kier molecular flexibility index (Phi) is 7.81. The van der Waals surface area contributed by atoms with Crippen molar-refractivity contribution in [1.29, 1.82) is 0 Å². The van der Waals surface area contributed by atoms with Gasteiger partial charge in [0, 0.05) is 40.4 Å². The van der Waals surface area contributed by atoms with Gasteiger partial charge in [-0.15, -0.1) is 0 Å². The summed E-state index contributed by atoms with van der Waals surface area (Å²) in [4.78, 5) is 30.1. The number of amides is 1. The zero-order chi connectivity index (χ0) is 30.4. The number of anilines is 2. The van der Waals surface area contributed by atoms with Gasteiger partial charge in [-0.25, -0.2) is 0 Å². The van der Waals surface area contributed by atoms with E-state index in [-0.39, 0.29) is 40.8 Å². The minimum Gasteiger partial charge on any atom is -0.493 e. The van der Waals surface area contributed by atoms with Gasteiger partial charge in [0.25, 0.3) is 0 Å². The molecule has 8 heteroatoms. The van der Waals surface area contributed by atoms with Crippen LogP contribution in [0.2, 0.25) is 0 Å². The second kappa shape index (κ2) is 11.0. The fraction of sp³-hybridized carbons (Fsp3) is 0.529. The summed E-state index contributed by atoms with van der Waals surface area (Å²) >= 11 is 0. The van der Waals surface area contributed by atoms with E-state index < -0.39 is 6.04 Å². The number of allylic oxidation sites excluding steroid dienone is 1. The van der Waals surface area contributed by atoms with Crippen molar-refractivity contribution in [2.75, 3.05) is 31.0 Å². The number of para-hydroxylation sites is 3. The van der Waals surface area contributed by atoms with Crippen LogP contribution in [0.15, 0.2) is 53.7 Å². The van der Waals surface area contributed by atoms with Gasteiger partial charge in [0.05, 0.1) is 38.2 Å². The van der Waals surface area contributed by atoms with Crippen molar-refractivity contribution < 1.29 is 19.1 Å². The van der Waals surface area contributed by atoms with Gasteiger partial charge >= 0.3 is 0 Å². The molecule has 1 unspecified atom stereocenters. The lowest BCUT2D eigenvalue weighted by Crippen LogP contribution is -2.62. The number of ketones is 1. The first-order chi connectivity index (χ1) is 19.7. The highest BCUT2D eigenvalue weighted by Crippen LogP contribution is 2.50. The first-order valence-electron chi connectivity index (χ1n) is 14.9. The number of fused-ring (bicyclic) bond motifs is 1. The number of benzene rings is 2. The highest BCUT2D eigenvalue weighted by Gasteiger charge is 2.44. The summed E-state index contributed by atoms with van der Waals surface area (Å²) in [7, 11) is 3.22. The van der Waals surface area contributed by atoms with Crippen LogP contribution in [-0.4, -0.2) is 49.6 Å². The number of hydrogen-bond donors (Lipinski definition) is 3. The molecule has 42 heavy (non-hydrogen) atoms. The average molecular weight is 575 g/mol. The number of nitrogens with zero attached hydrogens (tertiary/aromatic N) is 1. The number of carbonyl (C=O) groups is 2. The quantitative estimate of drug-likeness (QED) is 0.405. The van der Waals surface area contributed by atoms with Crippen LogP contribution >= 0.6 is 0 Å². The normalized spacial score (nSPS) is 22.8. The monoisotopic (exact) mass is 574 g/mol. The van der Waals surface area contributed by atoms with Crippen LogP contribution in [0, 0.1) is 5.41 Å². The molecule has 2 heterocycles. The molecule has 0 aromatic heterocycles. The van der Waals surface area contributed by atoms with E-state index in [1.165, 1.54) is 0 Å². The lowest BCUT2D eigenvalue weighted by molar-refractivity contribution is -0.121. The van der Waals surface area contributed by atoms with E-state index in [0.717, 1.165) is 35.5 Å². The predicted octanol–water partition coefficient (Wildman–Crippen LogP) is 5.75. The molecule has 1 fully saturated rings. The van der Waals surface area contributed by atoms with Crippen molar-refractivity contribution in [3.63, 3.8) is 0 Å². The second-order valence-electron chi connectivity index (χ2n) is 14.2. The van der Waals surface area contributed by atoms with Gasteiger partial charge < -0.3 is 30.3 Å². The summed E-state index contributed by atoms with van der Waals surface area (Å²) in [5.74, 6) is 1.13. The summed E-state index contributed by atoms with van der Waals surface area (Å²) in [6.07, 6.45) is 2.79. The maximum absolute atomic E-state index is 14.1. The molecule has 8 nitrogen and oxygen atoms in total. The van der Waals surface area contributed by atoms with Gasteiger partial charge in [-0.1, -0.05) is 38.1 Å². The van der Waals surface area contributed by atoms with Crippen LogP contribution in [0.1, 0.15) is 78.8 Å². The van der Waals surface area contributed by atoms with E-state index >= 15 is 0 Å². The number of hydrogen-bond acceptors (Lipinski definition) is 7. The van der Waals surface area contributed by atoms with Crippen molar-refractivity contribution >= 4 is 23.1 Å². The molecule has 0 radical (unpaired) electrons. The Balaban J connectivity index is 1.63. The summed E-state index contributed by atoms with van der Waals surface area (Å²) in [6.45, 7) is 13.0. The lowest BCUT2D eigenvalue weighted by Gasteiger charge is -2.46. The van der Waals surface area contributed by atoms with Crippen LogP contribution in [0.4, 0.5) is 11.4 Å². The van der Waals surface area contributed by atoms with Crippen molar-refractivity contribution in [1.82, 2.24) is 10.6 Å². The van der Waals surface area contributed by atoms with Gasteiger partial charge in [-0.2, -0.15) is 0 Å². The SMILES string of the molecule is COc1cccc(C2C3=C(CC(C)(C)CC3=O)Nc3ccccc3N2CC(=O)NC2CC(C)(C)NC(C)(C)C2)c1OC. The van der Waals surface area contributed by atoms with Gasteiger partial charge in [-0.3, -0.25) is 9.59 Å². The Hall–Kier alpha value is -3.52. The highest BCUT2D eigenvalue weighted by molar-refractivity contribution is 6.02. The van der Waals surface area contributed by atoms with Crippen LogP contribution in [0.25, 0.3) is 0 Å². The zero-order valence-electron chi connectivity index (χ0n) is 26.3. The molecule has 5 rings (SSSR count). The topological polar surface area (TPSA) is 91.9 Å². The van der Waals surface area contributed by atoms with E-state index in [0.29, 0.717) is 29.9 Å². The molecular weight excluding hydrogens is 528 g/mol. The molecule has 3 N–H and O–H groups in total. The van der Waals surface area contributed by atoms with E-state index in [4.69, 9.17) is 9.47 Å². The van der Waals surface area contributed by atoms with E-state index in [9.17, 15) is 9.59 Å². The minimum absolute atomic E-state index is 0.0285. The van der Waals surface area contributed by atoms with Crippen molar-refractivity contribution in [3.05, 3.63) is 59.3 Å². The molecule has 1 aliphatic carbocycles. The Bertz CT molecular complexity index is 1390. The Morgan fingerprint density at radius 1 is 0.952 bits per heavy atom. The molecule has 1 saturated heterocycles. The first kappa shape index (κ1) is 30.0. The van der Waals surface area contributed by atoms with Crippen LogP contribution in [-0.2, 0) is 9.59 Å². The standard InChI is InChI=1S/C34H46N4O4/c1-32(2)18-24-29(26(39)19-32)30(22-12-11-15-27(41-7)31(22)42-8)38(25-14-10-9-13-23(25)36-24)20-28(40)35-21-16-33(3,4)37-34(5,6)17-21/h9-15,21,30,36-37H,16-20H2,1-8H3,(H,35,40). The zero-order valence-corrected chi connectivity index (χ0v) is 26.3. The lowest BCUT2D eigenvalue weighted by atomic mass is 9.73. The Morgan fingerprint density at radius 3 is 2.31 bits per heavy atom. The van der Waals surface area contributed by atoms with E-state index in [1.807, 2.05) is 42.5 Å². The van der Waals surface area contributed by atoms with Gasteiger partial charge in [0.2, 0.25) is 5.91 Å². The Labute approximate surface area is 250 Å². The van der Waals surface area contributed by atoms with Crippen molar-refractivity contribution in [3.8, 4) is 11.5 Å². The number of Topliss-reactive ketones (excluding diaryl/α,β-unsaturated/α-hetero) is 1. The summed E-state index contributed by atoms with van der Waals surface area (Å²) in [6, 6.07) is 13.2. The number of carbonyl (C=O) groups excluding carboxylic acids is 2. The smallest absolute Gasteiger partial charge is 0.239 e. The summed E-state index contributed by atoms with van der Waals surface area (Å²) in [5.41, 5.74) is 3.69. The largest absolute Gasteiger partial charge is 0.493 e. The fourth-order valence-corrected chi connectivity index (χ4v) is 7.53. The summed E-state index contributed by atoms with van der Waals surface area (Å²) < 4.78 is 11.6. The summed E-state index contributed by atoms with van der Waals surface area (Å²) in [5, 5.41) is 10.7. The number of rotatable bonds is 6. The van der Waals surface area contributed by atoms with E-state index in [1.54, 1.807) is 14.2 Å². The molecule has 2 aromatic carbocycles. The van der Waals surface area contributed by atoms with Gasteiger partial charge in [-0.05, 0) is 70.6 Å². The fourth-order valence-electron chi connectivity index (χ4n) is 7.53. The molecule has 2 aliphatic heterocycles. The van der Waals surface area contributed by atoms with Crippen molar-refractivity contribution in [2.24, 2.45) is 5.41 Å². The third-order valence-electron chi connectivity index (χ3n) is 8.60. The van der Waals surface area contributed by atoms with Crippen LogP contribution in [0.5, 0.6) is 11.5 Å². The molecule has 0 spiro atoms. The van der Waals surface area contributed by atoms with Gasteiger partial charge in [0.1, 0.15) is 0 Å². The van der Waals surface area contributed by atoms with Crippen LogP contribution < -0.4 is 30.3 Å². The Morgan fingerprint density at radius 2 is 1.64 bits per heavy atom. The maximum atomic E-state index is 14.1. The molecule has 3 aliphatic rings. The average Bonchev–Trinajstić information content (AvgIpc) is 2.99. The molecule has 226 valence electrons. The minimum atomic E-state index is -0.559. The molecular formula is C34H46N4O4. The first-order valence-corrected chi connectivity index (χ1v) is 14.9. The third kappa shape index (κ3) is 6.00. The third-order valence-corrected chi connectivity index (χ3v) is 8.60. The molecule has 0 bridgehead atoms. The highest BCUT2D eigenvalue weighted by atomic mass is 16.5. The molecule has 1 atom stereocenters. The molecule has 2 aromatic rings. The maximum Gasteiger partial charge on any atom is 0.239 e. The number of ether oxygens (including phenoxy) is 2. The second-order valence-corrected chi connectivity index (χ2v) is 14.2. The van der Waals surface area contributed by atoms with Crippen molar-refractivity contribution in [2.45, 2.75) is 90.4 Å². The van der Waals surface area contributed by atoms with Gasteiger partial charge in [0.15, 0.2) is 17.3 Å². The number of piperidine rings is 1. The molecule has 1 amide bonds. The predicted molar refractivity (Wildman–Crippen MR) is 167 cm³/mol. The van der Waals surface area contributed by atoms with E-state index in [2.05, 4.69) is 62.4 Å².